The minimum Gasteiger partial charge on any atom is -0.464 e. The Hall–Kier alpha value is -1.27. The second kappa shape index (κ2) is 5.50. The van der Waals surface area contributed by atoms with Crippen LogP contribution in [0.15, 0.2) is 18.2 Å². The molecule has 0 aromatic heterocycles. The minimum atomic E-state index is -3.54. The van der Waals surface area contributed by atoms with Crippen LogP contribution in [0, 0.1) is 5.92 Å². The molecule has 1 aliphatic heterocycles. The van der Waals surface area contributed by atoms with Crippen molar-refractivity contribution >= 4 is 10.1 Å². The molecule has 1 heterocycles. The average Bonchev–Trinajstić information content (AvgIpc) is 2.57. The zero-order valence-electron chi connectivity index (χ0n) is 13.0. The predicted molar refractivity (Wildman–Crippen MR) is 80.1 cm³/mol. The summed E-state index contributed by atoms with van der Waals surface area (Å²) in [6.07, 6.45) is 0.638. The first-order valence-electron chi connectivity index (χ1n) is 6.92. The highest BCUT2D eigenvalue weighted by Crippen LogP contribution is 2.44. The van der Waals surface area contributed by atoms with Gasteiger partial charge in [-0.05, 0) is 38.0 Å². The van der Waals surface area contributed by atoms with Crippen molar-refractivity contribution in [1.82, 2.24) is 0 Å². The Labute approximate surface area is 126 Å². The highest BCUT2D eigenvalue weighted by atomic mass is 32.2. The molecule has 1 aromatic carbocycles. The van der Waals surface area contributed by atoms with Gasteiger partial charge in [0.15, 0.2) is 0 Å². The third-order valence-corrected chi connectivity index (χ3v) is 3.79. The van der Waals surface area contributed by atoms with Gasteiger partial charge in [-0.25, -0.2) is 0 Å². The van der Waals surface area contributed by atoms with Crippen molar-refractivity contribution in [2.24, 2.45) is 5.92 Å². The van der Waals surface area contributed by atoms with E-state index in [9.17, 15) is 8.42 Å². The molecule has 0 N–H and O–H groups in total. The predicted octanol–water partition coefficient (Wildman–Crippen LogP) is 2.69. The molecular weight excluding hydrogens is 292 g/mol. The fraction of sp³-hybridized carbons (Fsp3) is 0.600. The topological polar surface area (TPSA) is 61.8 Å². The first-order valence-corrected chi connectivity index (χ1v) is 8.73. The second-order valence-electron chi connectivity index (χ2n) is 6.34. The zero-order chi connectivity index (χ0) is 15.8. The third kappa shape index (κ3) is 3.68. The van der Waals surface area contributed by atoms with Crippen LogP contribution in [0.1, 0.15) is 33.3 Å². The molecular formula is C15H22O5S. The fourth-order valence-corrected chi connectivity index (χ4v) is 2.71. The molecule has 118 valence electrons. The Balaban J connectivity index is 2.25. The molecule has 6 heteroatoms. The Kier molecular flexibility index (Phi) is 4.22. The van der Waals surface area contributed by atoms with Crippen molar-refractivity contribution in [2.75, 3.05) is 12.9 Å². The van der Waals surface area contributed by atoms with E-state index in [1.165, 1.54) is 0 Å². The van der Waals surface area contributed by atoms with Crippen molar-refractivity contribution in [1.29, 1.82) is 0 Å². The Bertz CT molecular complexity index is 619. The van der Waals surface area contributed by atoms with Gasteiger partial charge in [-0.1, -0.05) is 13.8 Å². The van der Waals surface area contributed by atoms with Crippen molar-refractivity contribution in [2.45, 2.75) is 39.4 Å². The third-order valence-electron chi connectivity index (χ3n) is 3.30. The summed E-state index contributed by atoms with van der Waals surface area (Å²) in [5, 5.41) is 0. The molecule has 0 aliphatic carbocycles. The van der Waals surface area contributed by atoms with Gasteiger partial charge in [0.25, 0.3) is 0 Å². The number of hydrogen-bond acceptors (Lipinski definition) is 5. The quantitative estimate of drug-likeness (QED) is 0.782. The van der Waals surface area contributed by atoms with E-state index >= 15 is 0 Å². The van der Waals surface area contributed by atoms with Crippen LogP contribution in [0.25, 0.3) is 0 Å². The molecule has 0 radical (unpaired) electrons. The van der Waals surface area contributed by atoms with Crippen molar-refractivity contribution in [3.8, 4) is 11.5 Å². The molecule has 0 fully saturated rings. The lowest BCUT2D eigenvalue weighted by atomic mass is 9.85. The first-order chi connectivity index (χ1) is 9.59. The zero-order valence-corrected chi connectivity index (χ0v) is 13.9. The van der Waals surface area contributed by atoms with Gasteiger partial charge in [0.05, 0.1) is 18.3 Å². The maximum absolute atomic E-state index is 11.2. The maximum atomic E-state index is 11.2. The van der Waals surface area contributed by atoms with Gasteiger partial charge in [0.2, 0.25) is 6.29 Å². The van der Waals surface area contributed by atoms with Crippen LogP contribution in [0.5, 0.6) is 11.5 Å². The van der Waals surface area contributed by atoms with E-state index in [1.807, 2.05) is 13.8 Å². The number of benzene rings is 1. The SMILES string of the molecule is CC(C)COC1Oc2ccc(OS(C)(=O)=O)cc2C1(C)C. The normalized spacial score (nSPS) is 20.2. The van der Waals surface area contributed by atoms with Gasteiger partial charge in [0.1, 0.15) is 11.5 Å². The van der Waals surface area contributed by atoms with Gasteiger partial charge >= 0.3 is 10.1 Å². The van der Waals surface area contributed by atoms with Gasteiger partial charge in [0, 0.05) is 5.56 Å². The van der Waals surface area contributed by atoms with E-state index in [-0.39, 0.29) is 17.5 Å². The summed E-state index contributed by atoms with van der Waals surface area (Å²) >= 11 is 0. The molecule has 0 saturated heterocycles. The van der Waals surface area contributed by atoms with Crippen LogP contribution >= 0.6 is 0 Å². The van der Waals surface area contributed by atoms with E-state index < -0.39 is 10.1 Å². The van der Waals surface area contributed by atoms with Crippen molar-refractivity contribution in [3.05, 3.63) is 23.8 Å². The van der Waals surface area contributed by atoms with Crippen LogP contribution in [0.4, 0.5) is 0 Å². The Morgan fingerprint density at radius 1 is 1.33 bits per heavy atom. The first kappa shape index (κ1) is 16.1. The van der Waals surface area contributed by atoms with Gasteiger partial charge < -0.3 is 13.7 Å². The largest absolute Gasteiger partial charge is 0.464 e. The summed E-state index contributed by atoms with van der Waals surface area (Å²) in [4.78, 5) is 0. The highest BCUT2D eigenvalue weighted by molar-refractivity contribution is 7.86. The smallest absolute Gasteiger partial charge is 0.306 e. The summed E-state index contributed by atoms with van der Waals surface area (Å²) < 4.78 is 39.0. The van der Waals surface area contributed by atoms with E-state index in [0.29, 0.717) is 18.3 Å². The summed E-state index contributed by atoms with van der Waals surface area (Å²) in [6, 6.07) is 5.01. The van der Waals surface area contributed by atoms with Gasteiger partial charge in [-0.3, -0.25) is 0 Å². The number of hydrogen-bond donors (Lipinski definition) is 0. The van der Waals surface area contributed by atoms with Crippen LogP contribution in [-0.4, -0.2) is 27.6 Å². The van der Waals surface area contributed by atoms with E-state index in [0.717, 1.165) is 11.8 Å². The van der Waals surface area contributed by atoms with E-state index in [4.69, 9.17) is 13.7 Å². The monoisotopic (exact) mass is 314 g/mol. The summed E-state index contributed by atoms with van der Waals surface area (Å²) in [6.45, 7) is 8.77. The van der Waals surface area contributed by atoms with Gasteiger partial charge in [-0.2, -0.15) is 8.42 Å². The summed E-state index contributed by atoms with van der Waals surface area (Å²) in [7, 11) is -3.54. The van der Waals surface area contributed by atoms with E-state index in [1.54, 1.807) is 18.2 Å². The number of rotatable bonds is 5. The molecule has 1 atom stereocenters. The molecule has 0 bridgehead atoms. The lowest BCUT2D eigenvalue weighted by molar-refractivity contribution is -0.110. The van der Waals surface area contributed by atoms with E-state index in [2.05, 4.69) is 13.8 Å². The van der Waals surface area contributed by atoms with Crippen LogP contribution in [0.3, 0.4) is 0 Å². The second-order valence-corrected chi connectivity index (χ2v) is 7.92. The van der Waals surface area contributed by atoms with Crippen LogP contribution in [0.2, 0.25) is 0 Å². The molecule has 1 aromatic rings. The van der Waals surface area contributed by atoms with Gasteiger partial charge in [-0.15, -0.1) is 0 Å². The molecule has 0 saturated carbocycles. The Morgan fingerprint density at radius 2 is 2.00 bits per heavy atom. The fourth-order valence-electron chi connectivity index (χ4n) is 2.25. The lowest BCUT2D eigenvalue weighted by Gasteiger charge is -2.26. The summed E-state index contributed by atoms with van der Waals surface area (Å²) in [5.41, 5.74) is 0.513. The average molecular weight is 314 g/mol. The Morgan fingerprint density at radius 3 is 2.57 bits per heavy atom. The molecule has 5 nitrogen and oxygen atoms in total. The molecule has 0 amide bonds. The molecule has 1 aliphatic rings. The van der Waals surface area contributed by atoms with Crippen molar-refractivity contribution < 1.29 is 22.1 Å². The minimum absolute atomic E-state index is 0.289. The lowest BCUT2D eigenvalue weighted by Crippen LogP contribution is -2.35. The maximum Gasteiger partial charge on any atom is 0.306 e. The molecule has 1 unspecified atom stereocenters. The molecule has 2 rings (SSSR count). The van der Waals surface area contributed by atoms with Crippen LogP contribution < -0.4 is 8.92 Å². The summed E-state index contributed by atoms with van der Waals surface area (Å²) in [5.74, 6) is 1.41. The van der Waals surface area contributed by atoms with Crippen molar-refractivity contribution in [3.63, 3.8) is 0 Å². The molecule has 0 spiro atoms. The standard InChI is InChI=1S/C15H22O5S/c1-10(2)9-18-14-15(3,4)12-8-11(20-21(5,16)17)6-7-13(12)19-14/h6-8,10,14H,9H2,1-5H3. The molecule has 21 heavy (non-hydrogen) atoms. The number of ether oxygens (including phenoxy) is 2. The van der Waals surface area contributed by atoms with Crippen LogP contribution in [-0.2, 0) is 20.3 Å². The number of fused-ring (bicyclic) bond motifs is 1. The highest BCUT2D eigenvalue weighted by Gasteiger charge is 2.43.